The van der Waals surface area contributed by atoms with E-state index in [1.807, 2.05) is 32.0 Å². The second-order valence-electron chi connectivity index (χ2n) is 6.82. The Labute approximate surface area is 181 Å². The van der Waals surface area contributed by atoms with Gasteiger partial charge in [0.25, 0.3) is 5.91 Å². The maximum Gasteiger partial charge on any atom is 0.343 e. The third-order valence-corrected chi connectivity index (χ3v) is 4.59. The van der Waals surface area contributed by atoms with E-state index in [2.05, 4.69) is 5.32 Å². The monoisotopic (exact) mass is 419 g/mol. The van der Waals surface area contributed by atoms with Crippen LogP contribution in [0.1, 0.15) is 34.5 Å². The van der Waals surface area contributed by atoms with Crippen LogP contribution in [-0.4, -0.2) is 25.6 Å². The molecule has 160 valence electrons. The predicted molar refractivity (Wildman–Crippen MR) is 119 cm³/mol. The molecule has 0 heterocycles. The number of methoxy groups -OCH3 is 1. The molecule has 3 aromatic rings. The number of carbonyl (C=O) groups is 2. The van der Waals surface area contributed by atoms with Crippen LogP contribution >= 0.6 is 0 Å². The first-order valence-corrected chi connectivity index (χ1v) is 9.96. The second kappa shape index (κ2) is 10.3. The average Bonchev–Trinajstić information content (AvgIpc) is 2.79. The molecule has 0 radical (unpaired) electrons. The molecule has 1 unspecified atom stereocenters. The van der Waals surface area contributed by atoms with E-state index in [9.17, 15) is 9.59 Å². The summed E-state index contributed by atoms with van der Waals surface area (Å²) >= 11 is 0. The van der Waals surface area contributed by atoms with E-state index in [0.717, 1.165) is 5.56 Å². The van der Waals surface area contributed by atoms with Crippen LogP contribution in [0.25, 0.3) is 0 Å². The Balaban J connectivity index is 1.90. The minimum Gasteiger partial charge on any atom is -0.496 e. The molecule has 0 aliphatic heterocycles. The van der Waals surface area contributed by atoms with E-state index >= 15 is 0 Å². The van der Waals surface area contributed by atoms with Crippen LogP contribution in [0.2, 0.25) is 0 Å². The molecule has 1 N–H and O–H groups in total. The molecule has 6 heteroatoms. The van der Waals surface area contributed by atoms with E-state index in [0.29, 0.717) is 29.4 Å². The van der Waals surface area contributed by atoms with Crippen LogP contribution in [0.3, 0.4) is 0 Å². The largest absolute Gasteiger partial charge is 0.496 e. The normalized spacial score (nSPS) is 11.3. The highest BCUT2D eigenvalue weighted by Crippen LogP contribution is 2.28. The van der Waals surface area contributed by atoms with Crippen molar-refractivity contribution in [3.05, 3.63) is 89.5 Å². The predicted octanol–water partition coefficient (Wildman–Crippen LogP) is 4.94. The van der Waals surface area contributed by atoms with Crippen molar-refractivity contribution in [3.63, 3.8) is 0 Å². The molecular formula is C25H25NO5. The van der Waals surface area contributed by atoms with Crippen molar-refractivity contribution in [2.75, 3.05) is 19.0 Å². The molecule has 3 rings (SSSR count). The highest BCUT2D eigenvalue weighted by Gasteiger charge is 2.27. The number of rotatable bonds is 8. The molecule has 0 saturated heterocycles. The van der Waals surface area contributed by atoms with Crippen molar-refractivity contribution in [3.8, 4) is 11.5 Å². The Bertz CT molecular complexity index is 1050. The number of aryl methyl sites for hydroxylation is 1. The lowest BCUT2D eigenvalue weighted by Gasteiger charge is -2.20. The topological polar surface area (TPSA) is 73.9 Å². The molecular weight excluding hydrogens is 394 g/mol. The lowest BCUT2D eigenvalue weighted by atomic mass is 10.1. The Morgan fingerprint density at radius 1 is 0.935 bits per heavy atom. The van der Waals surface area contributed by atoms with Gasteiger partial charge in [0.15, 0.2) is 0 Å². The Morgan fingerprint density at radius 2 is 1.65 bits per heavy atom. The fourth-order valence-electron chi connectivity index (χ4n) is 3.10. The van der Waals surface area contributed by atoms with E-state index in [-0.39, 0.29) is 5.56 Å². The fourth-order valence-corrected chi connectivity index (χ4v) is 3.10. The van der Waals surface area contributed by atoms with Crippen molar-refractivity contribution in [1.29, 1.82) is 0 Å². The molecule has 0 bridgehead atoms. The molecule has 3 aromatic carbocycles. The minimum atomic E-state index is -1.16. The van der Waals surface area contributed by atoms with Crippen molar-refractivity contribution >= 4 is 17.6 Å². The third-order valence-electron chi connectivity index (χ3n) is 4.59. The number of hydrogen-bond acceptors (Lipinski definition) is 5. The van der Waals surface area contributed by atoms with Gasteiger partial charge in [-0.3, -0.25) is 4.79 Å². The van der Waals surface area contributed by atoms with Gasteiger partial charge in [0, 0.05) is 5.56 Å². The van der Waals surface area contributed by atoms with Crippen molar-refractivity contribution in [2.45, 2.75) is 20.0 Å². The summed E-state index contributed by atoms with van der Waals surface area (Å²) in [5.41, 5.74) is 2.18. The fraction of sp³-hybridized carbons (Fsp3) is 0.200. The quantitative estimate of drug-likeness (QED) is 0.524. The number of nitrogens with one attached hydrogen (secondary N) is 1. The van der Waals surface area contributed by atoms with Crippen LogP contribution in [0.15, 0.2) is 72.8 Å². The lowest BCUT2D eigenvalue weighted by Crippen LogP contribution is -2.26. The summed E-state index contributed by atoms with van der Waals surface area (Å²) in [5, 5.41) is 2.82. The van der Waals surface area contributed by atoms with Gasteiger partial charge < -0.3 is 19.5 Å². The highest BCUT2D eigenvalue weighted by atomic mass is 16.6. The summed E-state index contributed by atoms with van der Waals surface area (Å²) in [5.74, 6) is -0.220. The standard InChI is InChI=1S/C25H25NO5/c1-4-30-22-13-9-8-12-20(22)26-24(27)23(18-10-6-5-7-11-18)31-25(28)19-16-17(2)14-15-21(19)29-3/h5-16,23H,4H2,1-3H3,(H,26,27). The number of benzene rings is 3. The molecule has 0 aliphatic rings. The van der Waals surface area contributed by atoms with Gasteiger partial charge in [0.05, 0.1) is 19.4 Å². The maximum atomic E-state index is 13.2. The Morgan fingerprint density at radius 3 is 2.35 bits per heavy atom. The summed E-state index contributed by atoms with van der Waals surface area (Å²) in [6, 6.07) is 21.2. The molecule has 31 heavy (non-hydrogen) atoms. The zero-order chi connectivity index (χ0) is 22.2. The zero-order valence-electron chi connectivity index (χ0n) is 17.8. The second-order valence-corrected chi connectivity index (χ2v) is 6.82. The molecule has 0 aliphatic carbocycles. The third kappa shape index (κ3) is 5.42. The van der Waals surface area contributed by atoms with E-state index in [1.54, 1.807) is 54.6 Å². The Hall–Kier alpha value is -3.80. The first-order valence-electron chi connectivity index (χ1n) is 9.96. The van der Waals surface area contributed by atoms with Gasteiger partial charge in [0.1, 0.15) is 17.1 Å². The maximum absolute atomic E-state index is 13.2. The van der Waals surface area contributed by atoms with Gasteiger partial charge in [0.2, 0.25) is 6.10 Å². The summed E-state index contributed by atoms with van der Waals surface area (Å²) in [7, 11) is 1.48. The summed E-state index contributed by atoms with van der Waals surface area (Å²) in [4.78, 5) is 26.2. The van der Waals surface area contributed by atoms with Gasteiger partial charge in [-0.25, -0.2) is 4.79 Å². The molecule has 1 amide bonds. The number of amides is 1. The zero-order valence-corrected chi connectivity index (χ0v) is 17.8. The van der Waals surface area contributed by atoms with Crippen LogP contribution in [-0.2, 0) is 9.53 Å². The van der Waals surface area contributed by atoms with Crippen molar-refractivity contribution in [1.82, 2.24) is 0 Å². The number of esters is 1. The summed E-state index contributed by atoms with van der Waals surface area (Å²) in [6.45, 7) is 4.18. The number of para-hydroxylation sites is 2. The van der Waals surface area contributed by atoms with Crippen LogP contribution < -0.4 is 14.8 Å². The summed E-state index contributed by atoms with van der Waals surface area (Å²) in [6.07, 6.45) is -1.16. The van der Waals surface area contributed by atoms with Gasteiger partial charge in [-0.15, -0.1) is 0 Å². The van der Waals surface area contributed by atoms with Crippen molar-refractivity contribution < 1.29 is 23.8 Å². The van der Waals surface area contributed by atoms with Gasteiger partial charge >= 0.3 is 5.97 Å². The van der Waals surface area contributed by atoms with Crippen LogP contribution in [0, 0.1) is 6.92 Å². The molecule has 0 spiro atoms. The van der Waals surface area contributed by atoms with Gasteiger partial charge in [-0.05, 0) is 38.1 Å². The Kier molecular flexibility index (Phi) is 7.27. The molecule has 0 aromatic heterocycles. The number of carbonyl (C=O) groups excluding carboxylic acids is 2. The smallest absolute Gasteiger partial charge is 0.343 e. The first-order chi connectivity index (χ1) is 15.0. The van der Waals surface area contributed by atoms with Crippen molar-refractivity contribution in [2.24, 2.45) is 0 Å². The SMILES string of the molecule is CCOc1ccccc1NC(=O)C(OC(=O)c1cc(C)ccc1OC)c1ccccc1. The molecule has 6 nitrogen and oxygen atoms in total. The lowest BCUT2D eigenvalue weighted by molar-refractivity contribution is -0.125. The molecule has 0 saturated carbocycles. The average molecular weight is 419 g/mol. The van der Waals surface area contributed by atoms with Crippen LogP contribution in [0.5, 0.6) is 11.5 Å². The summed E-state index contributed by atoms with van der Waals surface area (Å²) < 4.78 is 16.5. The van der Waals surface area contributed by atoms with E-state index < -0.39 is 18.0 Å². The minimum absolute atomic E-state index is 0.256. The highest BCUT2D eigenvalue weighted by molar-refractivity contribution is 5.99. The number of hydrogen-bond donors (Lipinski definition) is 1. The van der Waals surface area contributed by atoms with E-state index in [1.165, 1.54) is 7.11 Å². The molecule has 1 atom stereocenters. The van der Waals surface area contributed by atoms with E-state index in [4.69, 9.17) is 14.2 Å². The number of anilines is 1. The van der Waals surface area contributed by atoms with Gasteiger partial charge in [-0.2, -0.15) is 0 Å². The first kappa shape index (κ1) is 21.9. The number of ether oxygens (including phenoxy) is 3. The van der Waals surface area contributed by atoms with Gasteiger partial charge in [-0.1, -0.05) is 54.1 Å². The molecule has 0 fully saturated rings. The van der Waals surface area contributed by atoms with Crippen LogP contribution in [0.4, 0.5) is 5.69 Å².